The summed E-state index contributed by atoms with van der Waals surface area (Å²) in [6.07, 6.45) is 3.18. The molecule has 0 saturated carbocycles. The average Bonchev–Trinajstić information content (AvgIpc) is 2.53. The topological polar surface area (TPSA) is 56.9 Å². The lowest BCUT2D eigenvalue weighted by Gasteiger charge is -2.02. The molecule has 0 saturated heterocycles. The number of Topliss-reactive ketones (excluding diaryl/α,β-unsaturated/α-hetero) is 1. The molecule has 0 bridgehead atoms. The molecular formula is C10H11N3O2. The molecule has 2 rings (SSSR count). The van der Waals surface area contributed by atoms with Gasteiger partial charge in [-0.15, -0.1) is 0 Å². The third-order valence-electron chi connectivity index (χ3n) is 2.24. The van der Waals surface area contributed by atoms with Gasteiger partial charge in [-0.3, -0.25) is 14.2 Å². The van der Waals surface area contributed by atoms with Crippen molar-refractivity contribution in [1.29, 1.82) is 0 Å². The molecular weight excluding hydrogens is 194 g/mol. The van der Waals surface area contributed by atoms with Crippen molar-refractivity contribution < 1.29 is 4.79 Å². The Bertz CT molecular complexity index is 580. The molecule has 5 nitrogen and oxygen atoms in total. The molecule has 15 heavy (non-hydrogen) atoms. The fourth-order valence-electron chi connectivity index (χ4n) is 1.53. The number of rotatable bonds is 2. The van der Waals surface area contributed by atoms with Gasteiger partial charge >= 0.3 is 0 Å². The van der Waals surface area contributed by atoms with Crippen LogP contribution in [0.5, 0.6) is 0 Å². The van der Waals surface area contributed by atoms with Gasteiger partial charge in [-0.1, -0.05) is 0 Å². The van der Waals surface area contributed by atoms with Gasteiger partial charge in [-0.2, -0.15) is 0 Å². The zero-order valence-electron chi connectivity index (χ0n) is 8.60. The van der Waals surface area contributed by atoms with Crippen molar-refractivity contribution in [3.63, 3.8) is 0 Å². The summed E-state index contributed by atoms with van der Waals surface area (Å²) in [5.74, 6) is -0.0609. The Kier molecular flexibility index (Phi) is 2.15. The highest BCUT2D eigenvalue weighted by Crippen LogP contribution is 2.05. The Morgan fingerprint density at radius 3 is 2.93 bits per heavy atom. The normalized spacial score (nSPS) is 10.8. The van der Waals surface area contributed by atoms with Crippen molar-refractivity contribution >= 4 is 16.8 Å². The zero-order chi connectivity index (χ0) is 11.0. The summed E-state index contributed by atoms with van der Waals surface area (Å²) < 4.78 is 3.10. The fourth-order valence-corrected chi connectivity index (χ4v) is 1.53. The van der Waals surface area contributed by atoms with Crippen LogP contribution in [0.4, 0.5) is 0 Å². The number of aryl methyl sites for hydroxylation is 1. The summed E-state index contributed by atoms with van der Waals surface area (Å²) >= 11 is 0. The summed E-state index contributed by atoms with van der Waals surface area (Å²) in [6.45, 7) is 1.53. The van der Waals surface area contributed by atoms with Crippen LogP contribution in [0, 0.1) is 0 Å². The minimum Gasteiger partial charge on any atom is -0.335 e. The highest BCUT2D eigenvalue weighted by Gasteiger charge is 2.07. The first-order valence-electron chi connectivity index (χ1n) is 4.59. The number of hydrogen-bond acceptors (Lipinski definition) is 3. The van der Waals surface area contributed by atoms with E-state index in [1.165, 1.54) is 17.8 Å². The van der Waals surface area contributed by atoms with Crippen LogP contribution in [-0.2, 0) is 18.4 Å². The number of carbonyl (C=O) groups excluding carboxylic acids is 1. The lowest BCUT2D eigenvalue weighted by molar-refractivity contribution is -0.117. The monoisotopic (exact) mass is 205 g/mol. The molecule has 2 aromatic heterocycles. The van der Waals surface area contributed by atoms with Gasteiger partial charge in [0.25, 0.3) is 5.56 Å². The van der Waals surface area contributed by atoms with Gasteiger partial charge < -0.3 is 4.57 Å². The summed E-state index contributed by atoms with van der Waals surface area (Å²) in [7, 11) is 1.82. The van der Waals surface area contributed by atoms with Crippen molar-refractivity contribution in [2.75, 3.05) is 0 Å². The van der Waals surface area contributed by atoms with Crippen molar-refractivity contribution in [2.24, 2.45) is 7.05 Å². The van der Waals surface area contributed by atoms with Crippen LogP contribution in [0.15, 0.2) is 23.4 Å². The molecule has 0 aromatic carbocycles. The summed E-state index contributed by atoms with van der Waals surface area (Å²) in [5, 5.41) is 0.543. The van der Waals surface area contributed by atoms with E-state index in [2.05, 4.69) is 4.98 Å². The van der Waals surface area contributed by atoms with Crippen molar-refractivity contribution in [1.82, 2.24) is 14.1 Å². The molecule has 0 fully saturated rings. The standard InChI is InChI=1S/C10H11N3O2/c1-7(14)5-13-6-11-9-8(10(13)15)3-4-12(9)2/h3-4,6H,5H2,1-2H3. The van der Waals surface area contributed by atoms with Crippen LogP contribution in [-0.4, -0.2) is 19.9 Å². The second-order valence-corrected chi connectivity index (χ2v) is 3.54. The second kappa shape index (κ2) is 3.34. The zero-order valence-corrected chi connectivity index (χ0v) is 8.60. The van der Waals surface area contributed by atoms with Crippen LogP contribution in [0.2, 0.25) is 0 Å². The number of aromatic nitrogens is 3. The van der Waals surface area contributed by atoms with E-state index in [1.54, 1.807) is 16.8 Å². The van der Waals surface area contributed by atoms with Crippen LogP contribution in [0.25, 0.3) is 11.0 Å². The van der Waals surface area contributed by atoms with E-state index in [-0.39, 0.29) is 17.9 Å². The van der Waals surface area contributed by atoms with E-state index in [0.29, 0.717) is 11.0 Å². The Morgan fingerprint density at radius 2 is 2.27 bits per heavy atom. The number of carbonyl (C=O) groups is 1. The smallest absolute Gasteiger partial charge is 0.263 e. The number of ketones is 1. The van der Waals surface area contributed by atoms with Crippen LogP contribution in [0.1, 0.15) is 6.92 Å². The molecule has 2 aromatic rings. The molecule has 0 aliphatic carbocycles. The van der Waals surface area contributed by atoms with Crippen LogP contribution in [0.3, 0.4) is 0 Å². The van der Waals surface area contributed by atoms with Crippen LogP contribution < -0.4 is 5.56 Å². The van der Waals surface area contributed by atoms with Gasteiger partial charge in [0, 0.05) is 13.2 Å². The third kappa shape index (κ3) is 1.56. The SMILES string of the molecule is CC(=O)Cn1cnc2c(ccn2C)c1=O. The van der Waals surface area contributed by atoms with Gasteiger partial charge in [0.2, 0.25) is 0 Å². The maximum absolute atomic E-state index is 11.8. The number of nitrogens with zero attached hydrogens (tertiary/aromatic N) is 3. The molecule has 0 spiro atoms. The lowest BCUT2D eigenvalue weighted by Crippen LogP contribution is -2.23. The maximum atomic E-state index is 11.8. The molecule has 0 radical (unpaired) electrons. The second-order valence-electron chi connectivity index (χ2n) is 3.54. The summed E-state index contributed by atoms with van der Waals surface area (Å²) in [5.41, 5.74) is 0.468. The quantitative estimate of drug-likeness (QED) is 0.709. The van der Waals surface area contributed by atoms with Gasteiger partial charge in [-0.25, -0.2) is 4.98 Å². The van der Waals surface area contributed by atoms with Gasteiger partial charge in [0.05, 0.1) is 11.9 Å². The Morgan fingerprint density at radius 1 is 1.53 bits per heavy atom. The first-order chi connectivity index (χ1) is 7.09. The first kappa shape index (κ1) is 9.64. The first-order valence-corrected chi connectivity index (χ1v) is 4.59. The summed E-state index contributed by atoms with van der Waals surface area (Å²) in [4.78, 5) is 26.9. The van der Waals surface area contributed by atoms with Gasteiger partial charge in [0.15, 0.2) is 0 Å². The van der Waals surface area contributed by atoms with Crippen molar-refractivity contribution in [2.45, 2.75) is 13.5 Å². The lowest BCUT2D eigenvalue weighted by atomic mass is 10.4. The van der Waals surface area contributed by atoms with Crippen molar-refractivity contribution in [3.05, 3.63) is 28.9 Å². The van der Waals surface area contributed by atoms with E-state index in [9.17, 15) is 9.59 Å². The predicted octanol–water partition coefficient (Wildman–Crippen LogP) is 0.324. The maximum Gasteiger partial charge on any atom is 0.263 e. The van der Waals surface area contributed by atoms with Gasteiger partial charge in [0.1, 0.15) is 17.8 Å². The molecule has 5 heteroatoms. The largest absolute Gasteiger partial charge is 0.335 e. The Hall–Kier alpha value is -1.91. The molecule has 0 unspecified atom stereocenters. The van der Waals surface area contributed by atoms with E-state index in [0.717, 1.165) is 0 Å². The van der Waals surface area contributed by atoms with E-state index >= 15 is 0 Å². The number of fused-ring (bicyclic) bond motifs is 1. The van der Waals surface area contributed by atoms with Crippen molar-refractivity contribution in [3.8, 4) is 0 Å². The predicted molar refractivity (Wildman–Crippen MR) is 55.7 cm³/mol. The molecule has 0 aliphatic rings. The molecule has 0 atom stereocenters. The number of hydrogen-bond donors (Lipinski definition) is 0. The highest BCUT2D eigenvalue weighted by atomic mass is 16.1. The molecule has 2 heterocycles. The van der Waals surface area contributed by atoms with E-state index in [1.807, 2.05) is 7.05 Å². The van der Waals surface area contributed by atoms with Gasteiger partial charge in [-0.05, 0) is 13.0 Å². The average molecular weight is 205 g/mol. The molecule has 0 amide bonds. The molecule has 78 valence electrons. The Labute approximate surface area is 86.0 Å². The van der Waals surface area contributed by atoms with E-state index < -0.39 is 0 Å². The summed E-state index contributed by atoms with van der Waals surface area (Å²) in [6, 6.07) is 1.71. The van der Waals surface area contributed by atoms with Crippen LogP contribution >= 0.6 is 0 Å². The third-order valence-corrected chi connectivity index (χ3v) is 2.24. The minimum atomic E-state index is -0.171. The minimum absolute atomic E-state index is 0.0609. The van der Waals surface area contributed by atoms with E-state index in [4.69, 9.17) is 0 Å². The fraction of sp³-hybridized carbons (Fsp3) is 0.300. The Balaban J connectivity index is 2.66. The highest BCUT2D eigenvalue weighted by molar-refractivity contribution is 5.77. The molecule has 0 N–H and O–H groups in total. The molecule has 0 aliphatic heterocycles.